The third kappa shape index (κ3) is 7.85. The number of ether oxygens (including phenoxy) is 2. The number of hydrazine groups is 1. The molecule has 5 rings (SSSR count). The van der Waals surface area contributed by atoms with E-state index in [1.807, 2.05) is 79.7 Å². The summed E-state index contributed by atoms with van der Waals surface area (Å²) in [5.74, 6) is 0.552. The summed E-state index contributed by atoms with van der Waals surface area (Å²) >= 11 is 16.7. The van der Waals surface area contributed by atoms with E-state index in [0.29, 0.717) is 52.4 Å². The van der Waals surface area contributed by atoms with Crippen LogP contribution in [0.2, 0.25) is 10.0 Å². The minimum atomic E-state index is -1.46. The van der Waals surface area contributed by atoms with Crippen LogP contribution in [0.15, 0.2) is 100 Å². The van der Waals surface area contributed by atoms with Gasteiger partial charge in [0.2, 0.25) is 5.90 Å². The molecule has 4 aromatic rings. The van der Waals surface area contributed by atoms with Gasteiger partial charge in [-0.3, -0.25) is 10.2 Å². The van der Waals surface area contributed by atoms with E-state index in [2.05, 4.69) is 26.8 Å². The Morgan fingerprint density at radius 2 is 1.78 bits per heavy atom. The van der Waals surface area contributed by atoms with Crippen molar-refractivity contribution in [1.29, 1.82) is 0 Å². The van der Waals surface area contributed by atoms with Crippen molar-refractivity contribution >= 4 is 56.6 Å². The van der Waals surface area contributed by atoms with E-state index in [-0.39, 0.29) is 18.9 Å². The van der Waals surface area contributed by atoms with Crippen LogP contribution in [0.25, 0.3) is 0 Å². The van der Waals surface area contributed by atoms with Crippen LogP contribution in [0.1, 0.15) is 34.8 Å². The number of aliphatic hydroxyl groups is 1. The predicted molar refractivity (Wildman–Crippen MR) is 187 cm³/mol. The summed E-state index contributed by atoms with van der Waals surface area (Å²) in [6.45, 7) is 0.842. The van der Waals surface area contributed by atoms with Crippen molar-refractivity contribution in [1.82, 2.24) is 10.9 Å². The Balaban J connectivity index is 1.52. The lowest BCUT2D eigenvalue weighted by Crippen LogP contribution is -2.53. The number of rotatable bonds is 13. The van der Waals surface area contributed by atoms with Gasteiger partial charge >= 0.3 is 0 Å². The third-order valence-corrected chi connectivity index (χ3v) is 8.98. The number of hydrogen-bond acceptors (Lipinski definition) is 7. The Bertz CT molecular complexity index is 1690. The average molecular weight is 726 g/mol. The molecule has 1 amide bonds. The standard InChI is InChI=1S/C35H35BrCl2N4O4/c1-42(2)27-13-8-23(9-14-27)22-39-41-34(44)35(21-25-6-3-4-7-30(25)36)32(29-17-12-26(37)20-31(29)38)46-33(40-35)24-10-15-28(16-11-24)45-19-5-18-43/h3-4,6-17,20,32,39,43H,5,18-19,21-22H2,1-2H3,(H,41,44)/t32-,35-/m0/s1. The summed E-state index contributed by atoms with van der Waals surface area (Å²) in [5, 5.41) is 9.90. The van der Waals surface area contributed by atoms with E-state index in [1.165, 1.54) is 0 Å². The second kappa shape index (κ2) is 15.3. The summed E-state index contributed by atoms with van der Waals surface area (Å²) in [7, 11) is 3.97. The van der Waals surface area contributed by atoms with Crippen molar-refractivity contribution in [3.8, 4) is 5.75 Å². The predicted octanol–water partition coefficient (Wildman–Crippen LogP) is 6.90. The van der Waals surface area contributed by atoms with Gasteiger partial charge in [-0.15, -0.1) is 0 Å². The molecular formula is C35H35BrCl2N4O4. The van der Waals surface area contributed by atoms with Crippen LogP contribution in [0, 0.1) is 0 Å². The zero-order valence-electron chi connectivity index (χ0n) is 25.5. The van der Waals surface area contributed by atoms with E-state index in [0.717, 1.165) is 21.3 Å². The largest absolute Gasteiger partial charge is 0.494 e. The monoisotopic (exact) mass is 724 g/mol. The van der Waals surface area contributed by atoms with E-state index >= 15 is 0 Å². The van der Waals surface area contributed by atoms with Gasteiger partial charge in [-0.05, 0) is 65.7 Å². The first-order valence-electron chi connectivity index (χ1n) is 14.8. The number of aliphatic imine (C=N–C) groups is 1. The first-order chi connectivity index (χ1) is 22.2. The van der Waals surface area contributed by atoms with Crippen LogP contribution in [-0.2, 0) is 22.5 Å². The lowest BCUT2D eigenvalue weighted by atomic mass is 9.82. The van der Waals surface area contributed by atoms with Gasteiger partial charge in [0.15, 0.2) is 11.6 Å². The number of nitrogens with one attached hydrogen (secondary N) is 2. The maximum atomic E-state index is 14.5. The second-order valence-electron chi connectivity index (χ2n) is 11.1. The Morgan fingerprint density at radius 1 is 1.04 bits per heavy atom. The number of halogens is 3. The molecule has 11 heteroatoms. The van der Waals surface area contributed by atoms with Crippen molar-refractivity contribution in [2.24, 2.45) is 4.99 Å². The Kier molecular flexibility index (Phi) is 11.2. The lowest BCUT2D eigenvalue weighted by molar-refractivity contribution is -0.130. The van der Waals surface area contributed by atoms with E-state index in [9.17, 15) is 4.79 Å². The van der Waals surface area contributed by atoms with Crippen molar-refractivity contribution in [2.75, 3.05) is 32.2 Å². The maximum Gasteiger partial charge on any atom is 0.266 e. The molecular weight excluding hydrogens is 691 g/mol. The molecule has 46 heavy (non-hydrogen) atoms. The highest BCUT2D eigenvalue weighted by Crippen LogP contribution is 2.45. The van der Waals surface area contributed by atoms with Crippen molar-refractivity contribution in [2.45, 2.75) is 31.0 Å². The molecule has 2 atom stereocenters. The van der Waals surface area contributed by atoms with Gasteiger partial charge in [0.25, 0.3) is 5.91 Å². The maximum absolute atomic E-state index is 14.5. The summed E-state index contributed by atoms with van der Waals surface area (Å²) in [6.07, 6.45) is -0.154. The zero-order valence-corrected chi connectivity index (χ0v) is 28.6. The molecule has 0 bridgehead atoms. The summed E-state index contributed by atoms with van der Waals surface area (Å²) in [4.78, 5) is 21.6. The lowest BCUT2D eigenvalue weighted by Gasteiger charge is -2.31. The fraction of sp³-hybridized carbons (Fsp3) is 0.257. The number of anilines is 1. The number of carbonyl (C=O) groups excluding carboxylic acids is 1. The minimum absolute atomic E-state index is 0.0522. The SMILES string of the molecule is CN(C)c1ccc(CNNC(=O)[C@@]2(Cc3ccccc3Br)N=C(c3ccc(OCCCO)cc3)O[C@H]2c2ccc(Cl)cc2Cl)cc1. The van der Waals surface area contributed by atoms with Crippen LogP contribution in [0.5, 0.6) is 5.75 Å². The quantitative estimate of drug-likeness (QED) is 0.103. The van der Waals surface area contributed by atoms with Gasteiger partial charge in [0, 0.05) is 71.4 Å². The third-order valence-electron chi connectivity index (χ3n) is 7.64. The van der Waals surface area contributed by atoms with E-state index in [1.54, 1.807) is 30.3 Å². The van der Waals surface area contributed by atoms with E-state index < -0.39 is 11.6 Å². The summed E-state index contributed by atoms with van der Waals surface area (Å²) in [5.41, 5.74) is 8.75. The average Bonchev–Trinajstić information content (AvgIpc) is 3.43. The highest BCUT2D eigenvalue weighted by Gasteiger charge is 2.54. The first kappa shape index (κ1) is 33.8. The summed E-state index contributed by atoms with van der Waals surface area (Å²) < 4.78 is 13.1. The fourth-order valence-corrected chi connectivity index (χ4v) is 6.08. The molecule has 0 radical (unpaired) electrons. The molecule has 0 aromatic heterocycles. The number of benzene rings is 4. The van der Waals surface area contributed by atoms with Gasteiger partial charge in [-0.1, -0.05) is 75.5 Å². The second-order valence-corrected chi connectivity index (χ2v) is 12.8. The van der Waals surface area contributed by atoms with Crippen LogP contribution in [0.3, 0.4) is 0 Å². The van der Waals surface area contributed by atoms with Crippen LogP contribution >= 0.6 is 39.1 Å². The smallest absolute Gasteiger partial charge is 0.266 e. The number of nitrogens with zero attached hydrogens (tertiary/aromatic N) is 2. The zero-order chi connectivity index (χ0) is 32.7. The van der Waals surface area contributed by atoms with Gasteiger partial charge in [0.1, 0.15) is 5.75 Å². The molecule has 4 aromatic carbocycles. The molecule has 0 saturated heterocycles. The first-order valence-corrected chi connectivity index (χ1v) is 16.3. The molecule has 0 unspecified atom stereocenters. The fourth-order valence-electron chi connectivity index (χ4n) is 5.15. The van der Waals surface area contributed by atoms with Crippen LogP contribution in [-0.4, -0.2) is 49.8 Å². The van der Waals surface area contributed by atoms with Crippen LogP contribution in [0.4, 0.5) is 5.69 Å². The van der Waals surface area contributed by atoms with Gasteiger partial charge in [-0.25, -0.2) is 10.4 Å². The molecule has 8 nitrogen and oxygen atoms in total. The molecule has 3 N–H and O–H groups in total. The van der Waals surface area contributed by atoms with Crippen molar-refractivity contribution < 1.29 is 19.4 Å². The molecule has 0 spiro atoms. The highest BCUT2D eigenvalue weighted by molar-refractivity contribution is 9.10. The highest BCUT2D eigenvalue weighted by atomic mass is 79.9. The molecule has 1 heterocycles. The normalized spacial score (nSPS) is 17.3. The van der Waals surface area contributed by atoms with E-state index in [4.69, 9.17) is 42.8 Å². The van der Waals surface area contributed by atoms with Crippen molar-refractivity contribution in [3.05, 3.63) is 128 Å². The molecule has 0 saturated carbocycles. The van der Waals surface area contributed by atoms with Crippen molar-refractivity contribution in [3.63, 3.8) is 0 Å². The molecule has 0 aliphatic carbocycles. The number of hydrogen-bond donors (Lipinski definition) is 3. The molecule has 1 aliphatic rings. The van der Waals surface area contributed by atoms with Gasteiger partial charge in [-0.2, -0.15) is 0 Å². The van der Waals surface area contributed by atoms with Gasteiger partial charge < -0.3 is 19.5 Å². The van der Waals surface area contributed by atoms with Crippen LogP contribution < -0.4 is 20.5 Å². The number of carbonyl (C=O) groups is 1. The Labute approximate surface area is 287 Å². The number of aliphatic hydroxyl groups excluding tert-OH is 1. The molecule has 240 valence electrons. The Hall–Kier alpha value is -3.60. The topological polar surface area (TPSA) is 95.4 Å². The van der Waals surface area contributed by atoms with Gasteiger partial charge in [0.05, 0.1) is 6.61 Å². The Morgan fingerprint density at radius 3 is 2.46 bits per heavy atom. The molecule has 1 aliphatic heterocycles. The minimum Gasteiger partial charge on any atom is -0.494 e. The summed E-state index contributed by atoms with van der Waals surface area (Å²) in [6, 6.07) is 28.2. The number of amides is 1. The molecule has 0 fully saturated rings.